The molecule has 6 heteroatoms. The third-order valence-electron chi connectivity index (χ3n) is 3.60. The fourth-order valence-electron chi connectivity index (χ4n) is 2.33. The summed E-state index contributed by atoms with van der Waals surface area (Å²) in [6, 6.07) is 6.03. The average Bonchev–Trinajstić information content (AvgIpc) is 2.46. The van der Waals surface area contributed by atoms with Gasteiger partial charge in [0.15, 0.2) is 0 Å². The lowest BCUT2D eigenvalue weighted by atomic mass is 10.1. The molecule has 2 heterocycles. The van der Waals surface area contributed by atoms with E-state index in [1.807, 2.05) is 25.2 Å². The van der Waals surface area contributed by atoms with E-state index >= 15 is 0 Å². The molecule has 106 valence electrons. The predicted octanol–water partition coefficient (Wildman–Crippen LogP) is 0.638. The lowest BCUT2D eigenvalue weighted by Gasteiger charge is -2.30. The fourth-order valence-corrected chi connectivity index (χ4v) is 3.82. The van der Waals surface area contributed by atoms with Crippen LogP contribution < -0.4 is 5.32 Å². The lowest BCUT2D eigenvalue weighted by molar-refractivity contribution is 0.298. The molecule has 0 spiro atoms. The smallest absolute Gasteiger partial charge is 0.214 e. The van der Waals surface area contributed by atoms with E-state index in [1.165, 1.54) is 0 Å². The highest BCUT2D eigenvalue weighted by Crippen LogP contribution is 2.15. The van der Waals surface area contributed by atoms with E-state index in [-0.39, 0.29) is 5.75 Å². The Balaban J connectivity index is 1.89. The molecule has 1 N–H and O–H groups in total. The second-order valence-corrected chi connectivity index (χ2v) is 6.94. The summed E-state index contributed by atoms with van der Waals surface area (Å²) < 4.78 is 26.1. The number of aryl methyl sites for hydroxylation is 1. The van der Waals surface area contributed by atoms with Crippen molar-refractivity contribution in [3.05, 3.63) is 30.1 Å². The SMILES string of the molecule is CNC1CCN(S(=O)(=O)CCc2ccccn2)CC1. The van der Waals surface area contributed by atoms with Gasteiger partial charge in [-0.15, -0.1) is 0 Å². The number of nitrogens with one attached hydrogen (secondary N) is 1. The van der Waals surface area contributed by atoms with Crippen molar-refractivity contribution in [2.24, 2.45) is 0 Å². The van der Waals surface area contributed by atoms with Crippen LogP contribution in [-0.4, -0.2) is 49.6 Å². The van der Waals surface area contributed by atoms with Gasteiger partial charge in [0.25, 0.3) is 0 Å². The van der Waals surface area contributed by atoms with E-state index in [9.17, 15) is 8.42 Å². The maximum Gasteiger partial charge on any atom is 0.214 e. The van der Waals surface area contributed by atoms with Crippen molar-refractivity contribution in [1.82, 2.24) is 14.6 Å². The molecule has 0 amide bonds. The molecule has 0 saturated carbocycles. The van der Waals surface area contributed by atoms with Gasteiger partial charge in [0.2, 0.25) is 10.0 Å². The van der Waals surface area contributed by atoms with Crippen molar-refractivity contribution in [1.29, 1.82) is 0 Å². The van der Waals surface area contributed by atoms with E-state index < -0.39 is 10.0 Å². The van der Waals surface area contributed by atoms with Crippen molar-refractivity contribution in [2.45, 2.75) is 25.3 Å². The summed E-state index contributed by atoms with van der Waals surface area (Å²) >= 11 is 0. The van der Waals surface area contributed by atoms with Gasteiger partial charge in [-0.25, -0.2) is 12.7 Å². The van der Waals surface area contributed by atoms with Crippen molar-refractivity contribution >= 4 is 10.0 Å². The van der Waals surface area contributed by atoms with Gasteiger partial charge in [-0.05, 0) is 32.0 Å². The minimum Gasteiger partial charge on any atom is -0.317 e. The highest BCUT2D eigenvalue weighted by atomic mass is 32.2. The molecule has 1 aromatic rings. The highest BCUT2D eigenvalue weighted by Gasteiger charge is 2.27. The molecule has 0 bridgehead atoms. The van der Waals surface area contributed by atoms with Crippen molar-refractivity contribution < 1.29 is 8.42 Å². The highest BCUT2D eigenvalue weighted by molar-refractivity contribution is 7.89. The fraction of sp³-hybridized carbons (Fsp3) is 0.615. The molecule has 0 aliphatic carbocycles. The van der Waals surface area contributed by atoms with E-state index in [1.54, 1.807) is 10.5 Å². The Bertz CT molecular complexity index is 482. The zero-order valence-electron chi connectivity index (χ0n) is 11.2. The Morgan fingerprint density at radius 3 is 2.68 bits per heavy atom. The van der Waals surface area contributed by atoms with Crippen LogP contribution in [0.3, 0.4) is 0 Å². The zero-order chi connectivity index (χ0) is 13.7. The third-order valence-corrected chi connectivity index (χ3v) is 5.47. The number of sulfonamides is 1. The largest absolute Gasteiger partial charge is 0.317 e. The van der Waals surface area contributed by atoms with Crippen LogP contribution in [0.1, 0.15) is 18.5 Å². The maximum atomic E-state index is 12.2. The molecule has 1 aliphatic rings. The number of rotatable bonds is 5. The minimum atomic E-state index is -3.15. The molecule has 19 heavy (non-hydrogen) atoms. The number of hydrogen-bond donors (Lipinski definition) is 1. The molecular weight excluding hydrogens is 262 g/mol. The summed E-state index contributed by atoms with van der Waals surface area (Å²) in [5, 5.41) is 3.20. The van der Waals surface area contributed by atoms with Crippen LogP contribution in [0.15, 0.2) is 24.4 Å². The lowest BCUT2D eigenvalue weighted by Crippen LogP contribution is -2.44. The van der Waals surface area contributed by atoms with Crippen LogP contribution >= 0.6 is 0 Å². The molecule has 1 fully saturated rings. The Morgan fingerprint density at radius 2 is 2.11 bits per heavy atom. The molecular formula is C13H21N3O2S. The van der Waals surface area contributed by atoms with Gasteiger partial charge < -0.3 is 5.32 Å². The standard InChI is InChI=1S/C13H21N3O2S/c1-14-12-5-9-16(10-6-12)19(17,18)11-7-13-4-2-3-8-15-13/h2-4,8,12,14H,5-7,9-11H2,1H3. The Hall–Kier alpha value is -0.980. The van der Waals surface area contributed by atoms with Crippen LogP contribution in [0.2, 0.25) is 0 Å². The van der Waals surface area contributed by atoms with Crippen molar-refractivity contribution in [2.75, 3.05) is 25.9 Å². The Morgan fingerprint density at radius 1 is 1.37 bits per heavy atom. The second-order valence-electron chi connectivity index (χ2n) is 4.85. The van der Waals surface area contributed by atoms with Crippen LogP contribution in [0.5, 0.6) is 0 Å². The van der Waals surface area contributed by atoms with Crippen LogP contribution in [0.25, 0.3) is 0 Å². The normalized spacial score (nSPS) is 18.6. The monoisotopic (exact) mass is 283 g/mol. The van der Waals surface area contributed by atoms with E-state index in [0.717, 1.165) is 18.5 Å². The first-order valence-electron chi connectivity index (χ1n) is 6.67. The quantitative estimate of drug-likeness (QED) is 0.861. The number of pyridine rings is 1. The molecule has 0 unspecified atom stereocenters. The summed E-state index contributed by atoms with van der Waals surface area (Å²) in [5.74, 6) is 0.147. The topological polar surface area (TPSA) is 62.3 Å². The Labute approximate surface area is 115 Å². The van der Waals surface area contributed by atoms with Gasteiger partial charge >= 0.3 is 0 Å². The summed E-state index contributed by atoms with van der Waals surface area (Å²) in [6.45, 7) is 1.24. The number of hydrogen-bond acceptors (Lipinski definition) is 4. The predicted molar refractivity (Wildman–Crippen MR) is 75.4 cm³/mol. The first-order valence-corrected chi connectivity index (χ1v) is 8.28. The van der Waals surface area contributed by atoms with Gasteiger partial charge in [0.1, 0.15) is 0 Å². The van der Waals surface area contributed by atoms with Crippen molar-refractivity contribution in [3.63, 3.8) is 0 Å². The van der Waals surface area contributed by atoms with Gasteiger partial charge in [-0.2, -0.15) is 0 Å². The van der Waals surface area contributed by atoms with Gasteiger partial charge in [0.05, 0.1) is 5.75 Å². The summed E-state index contributed by atoms with van der Waals surface area (Å²) in [7, 11) is -1.22. The van der Waals surface area contributed by atoms with Crippen LogP contribution in [0.4, 0.5) is 0 Å². The van der Waals surface area contributed by atoms with Gasteiger partial charge in [0, 0.05) is 37.4 Å². The van der Waals surface area contributed by atoms with Crippen LogP contribution in [-0.2, 0) is 16.4 Å². The molecule has 0 aromatic carbocycles. The number of piperidine rings is 1. The number of aromatic nitrogens is 1. The zero-order valence-corrected chi connectivity index (χ0v) is 12.1. The molecule has 5 nitrogen and oxygen atoms in total. The minimum absolute atomic E-state index is 0.147. The van der Waals surface area contributed by atoms with E-state index in [4.69, 9.17) is 0 Å². The Kier molecular flexibility index (Phi) is 4.90. The first-order chi connectivity index (χ1) is 9.12. The van der Waals surface area contributed by atoms with Gasteiger partial charge in [-0.1, -0.05) is 6.07 Å². The summed E-state index contributed by atoms with van der Waals surface area (Å²) in [6.07, 6.45) is 3.95. The second kappa shape index (κ2) is 6.45. The summed E-state index contributed by atoms with van der Waals surface area (Å²) in [5.41, 5.74) is 0.830. The van der Waals surface area contributed by atoms with E-state index in [2.05, 4.69) is 10.3 Å². The summed E-state index contributed by atoms with van der Waals surface area (Å²) in [4.78, 5) is 4.16. The molecule has 0 radical (unpaired) electrons. The van der Waals surface area contributed by atoms with Crippen LogP contribution in [0, 0.1) is 0 Å². The third kappa shape index (κ3) is 3.99. The van der Waals surface area contributed by atoms with E-state index in [0.29, 0.717) is 25.6 Å². The molecule has 2 rings (SSSR count). The first kappa shape index (κ1) is 14.4. The average molecular weight is 283 g/mol. The molecule has 1 aliphatic heterocycles. The number of nitrogens with zero attached hydrogens (tertiary/aromatic N) is 2. The molecule has 1 aromatic heterocycles. The van der Waals surface area contributed by atoms with Crippen molar-refractivity contribution in [3.8, 4) is 0 Å². The van der Waals surface area contributed by atoms with Gasteiger partial charge in [-0.3, -0.25) is 4.98 Å². The molecule has 0 atom stereocenters. The maximum absolute atomic E-state index is 12.2. The molecule has 1 saturated heterocycles.